The van der Waals surface area contributed by atoms with Crippen LogP contribution in [0.15, 0.2) is 16.9 Å². The van der Waals surface area contributed by atoms with Crippen LogP contribution in [0.5, 0.6) is 0 Å². The molecule has 1 saturated heterocycles. The van der Waals surface area contributed by atoms with Crippen molar-refractivity contribution in [2.75, 3.05) is 6.54 Å². The number of fused-ring (bicyclic) bond motifs is 1. The molecule has 3 rings (SSSR count). The third kappa shape index (κ3) is 2.45. The van der Waals surface area contributed by atoms with Crippen LogP contribution in [-0.4, -0.2) is 26.8 Å². The molecule has 6 nitrogen and oxygen atoms in total. The number of nitrogens with zero attached hydrogens (tertiary/aromatic N) is 4. The van der Waals surface area contributed by atoms with E-state index in [4.69, 9.17) is 5.26 Å². The molecule has 0 spiro atoms. The minimum Gasteiger partial charge on any atom is -0.314 e. The summed E-state index contributed by atoms with van der Waals surface area (Å²) < 4.78 is 3.43. The molecule has 110 valence electrons. The Morgan fingerprint density at radius 3 is 3.05 bits per heavy atom. The van der Waals surface area contributed by atoms with Gasteiger partial charge in [-0.2, -0.15) is 10.4 Å². The van der Waals surface area contributed by atoms with Crippen molar-refractivity contribution >= 4 is 5.65 Å². The van der Waals surface area contributed by atoms with Crippen LogP contribution in [-0.2, 0) is 13.5 Å². The Morgan fingerprint density at radius 1 is 1.52 bits per heavy atom. The number of aryl methyl sites for hydroxylation is 1. The summed E-state index contributed by atoms with van der Waals surface area (Å²) in [6, 6.07) is 6.08. The van der Waals surface area contributed by atoms with Gasteiger partial charge in [0.15, 0.2) is 0 Å². The highest BCUT2D eigenvalue weighted by Gasteiger charge is 2.24. The normalized spacial score (nSPS) is 22.3. The first-order valence-corrected chi connectivity index (χ1v) is 7.29. The fraction of sp³-hybridized carbons (Fsp3) is 0.533. The molecule has 2 aromatic heterocycles. The van der Waals surface area contributed by atoms with Gasteiger partial charge in [0.1, 0.15) is 5.65 Å². The summed E-state index contributed by atoms with van der Waals surface area (Å²) in [6.07, 6.45) is 2.26. The van der Waals surface area contributed by atoms with Crippen LogP contribution in [0.25, 0.3) is 5.65 Å². The van der Waals surface area contributed by atoms with Gasteiger partial charge in [0.05, 0.1) is 23.9 Å². The van der Waals surface area contributed by atoms with Gasteiger partial charge >= 0.3 is 0 Å². The Morgan fingerprint density at radius 2 is 2.33 bits per heavy atom. The van der Waals surface area contributed by atoms with Gasteiger partial charge < -0.3 is 5.32 Å². The third-order valence-corrected chi connectivity index (χ3v) is 4.23. The molecule has 2 aromatic rings. The van der Waals surface area contributed by atoms with E-state index in [-0.39, 0.29) is 12.0 Å². The van der Waals surface area contributed by atoms with Crippen molar-refractivity contribution in [3.05, 3.63) is 33.9 Å². The maximum absolute atomic E-state index is 12.2. The van der Waals surface area contributed by atoms with Crippen LogP contribution in [0.2, 0.25) is 0 Å². The molecule has 1 fully saturated rings. The molecule has 0 aliphatic carbocycles. The van der Waals surface area contributed by atoms with Gasteiger partial charge in [0.25, 0.3) is 5.56 Å². The third-order valence-electron chi connectivity index (χ3n) is 4.23. The first-order valence-electron chi connectivity index (χ1n) is 7.29. The van der Waals surface area contributed by atoms with Gasteiger partial charge in [-0.1, -0.05) is 0 Å². The molecule has 1 unspecified atom stereocenters. The second kappa shape index (κ2) is 5.34. The molecule has 3 heterocycles. The van der Waals surface area contributed by atoms with Crippen LogP contribution >= 0.6 is 0 Å². The molecule has 1 N–H and O–H groups in total. The van der Waals surface area contributed by atoms with Crippen molar-refractivity contribution in [2.45, 2.75) is 38.1 Å². The quantitative estimate of drug-likeness (QED) is 0.891. The first kappa shape index (κ1) is 13.8. The molecule has 1 aliphatic rings. The molecular weight excluding hydrogens is 266 g/mol. The van der Waals surface area contributed by atoms with Crippen LogP contribution in [0.3, 0.4) is 0 Å². The molecule has 0 radical (unpaired) electrons. The number of hydrogen-bond acceptors (Lipinski definition) is 4. The van der Waals surface area contributed by atoms with Gasteiger partial charge in [0, 0.05) is 31.1 Å². The Labute approximate surface area is 123 Å². The van der Waals surface area contributed by atoms with E-state index in [9.17, 15) is 4.79 Å². The maximum Gasteiger partial charge on any atom is 0.253 e. The summed E-state index contributed by atoms with van der Waals surface area (Å²) in [5.41, 5.74) is 2.41. The minimum atomic E-state index is -0.0212. The maximum atomic E-state index is 12.2. The van der Waals surface area contributed by atoms with E-state index in [2.05, 4.69) is 23.4 Å². The lowest BCUT2D eigenvalue weighted by atomic mass is 9.90. The van der Waals surface area contributed by atoms with Crippen LogP contribution in [0.1, 0.15) is 37.1 Å². The summed E-state index contributed by atoms with van der Waals surface area (Å²) in [7, 11) is 1.74. The molecule has 0 saturated carbocycles. The van der Waals surface area contributed by atoms with E-state index in [1.807, 2.05) is 10.6 Å². The van der Waals surface area contributed by atoms with Gasteiger partial charge in [-0.3, -0.25) is 9.36 Å². The molecule has 6 heteroatoms. The second-order valence-electron chi connectivity index (χ2n) is 5.78. The van der Waals surface area contributed by atoms with Crippen molar-refractivity contribution in [1.82, 2.24) is 19.5 Å². The lowest BCUT2D eigenvalue weighted by Gasteiger charge is -2.28. The molecule has 2 atom stereocenters. The number of piperidine rings is 1. The predicted molar refractivity (Wildman–Crippen MR) is 79.2 cm³/mol. The largest absolute Gasteiger partial charge is 0.314 e. The zero-order valence-corrected chi connectivity index (χ0v) is 12.3. The standard InChI is InChI=1S/C15H19N5O/c1-10-7-11(4-6-17-10)13-9-15(21)19(2)14-8-12(3-5-16)18-20(13)14/h8-11,17H,3-4,6-7H2,1-2H3/t10-,11?/m1/s1. The topological polar surface area (TPSA) is 75.1 Å². The molecule has 1 aliphatic heterocycles. The fourth-order valence-corrected chi connectivity index (χ4v) is 3.10. The van der Waals surface area contributed by atoms with E-state index in [1.165, 1.54) is 0 Å². The summed E-state index contributed by atoms with van der Waals surface area (Å²) in [4.78, 5) is 12.2. The molecule has 0 aromatic carbocycles. The van der Waals surface area contributed by atoms with Crippen LogP contribution in [0, 0.1) is 11.3 Å². The smallest absolute Gasteiger partial charge is 0.253 e. The summed E-state index contributed by atoms with van der Waals surface area (Å²) in [6.45, 7) is 3.11. The van der Waals surface area contributed by atoms with Crippen molar-refractivity contribution < 1.29 is 0 Å². The SMILES string of the molecule is C[C@@H]1CC(c2cc(=O)n(C)c3cc(CC#N)nn23)CCN1. The molecular formula is C15H19N5O. The van der Waals surface area contributed by atoms with Crippen molar-refractivity contribution in [3.63, 3.8) is 0 Å². The average Bonchev–Trinajstić information content (AvgIpc) is 2.87. The Balaban J connectivity index is 2.15. The fourth-order valence-electron chi connectivity index (χ4n) is 3.10. The van der Waals surface area contributed by atoms with E-state index in [1.54, 1.807) is 17.7 Å². The van der Waals surface area contributed by atoms with Gasteiger partial charge in [-0.15, -0.1) is 0 Å². The van der Waals surface area contributed by atoms with E-state index < -0.39 is 0 Å². The first-order chi connectivity index (χ1) is 10.1. The molecule has 0 amide bonds. The van der Waals surface area contributed by atoms with Crippen LogP contribution in [0.4, 0.5) is 0 Å². The number of nitrogens with one attached hydrogen (secondary N) is 1. The lowest BCUT2D eigenvalue weighted by Crippen LogP contribution is -2.36. The summed E-state index contributed by atoms with van der Waals surface area (Å²) >= 11 is 0. The average molecular weight is 285 g/mol. The zero-order chi connectivity index (χ0) is 15.0. The lowest BCUT2D eigenvalue weighted by molar-refractivity contribution is 0.372. The monoisotopic (exact) mass is 285 g/mol. The minimum absolute atomic E-state index is 0.0212. The highest BCUT2D eigenvalue weighted by Crippen LogP contribution is 2.27. The van der Waals surface area contributed by atoms with E-state index in [0.717, 1.165) is 30.7 Å². The van der Waals surface area contributed by atoms with Crippen molar-refractivity contribution in [3.8, 4) is 6.07 Å². The second-order valence-corrected chi connectivity index (χ2v) is 5.78. The molecule has 21 heavy (non-hydrogen) atoms. The highest BCUT2D eigenvalue weighted by molar-refractivity contribution is 5.43. The van der Waals surface area contributed by atoms with Gasteiger partial charge in [-0.25, -0.2) is 4.52 Å². The number of hydrogen-bond donors (Lipinski definition) is 1. The Kier molecular flexibility index (Phi) is 3.52. The predicted octanol–water partition coefficient (Wildman–Crippen LogP) is 0.955. The Hall–Kier alpha value is -2.13. The number of nitriles is 1. The number of aromatic nitrogens is 3. The Bertz CT molecular complexity index is 767. The summed E-state index contributed by atoms with van der Waals surface area (Å²) in [5.74, 6) is 0.326. The van der Waals surface area contributed by atoms with Gasteiger partial charge in [-0.05, 0) is 26.3 Å². The van der Waals surface area contributed by atoms with E-state index in [0.29, 0.717) is 17.7 Å². The highest BCUT2D eigenvalue weighted by atomic mass is 16.1. The molecule has 0 bridgehead atoms. The zero-order valence-electron chi connectivity index (χ0n) is 12.3. The van der Waals surface area contributed by atoms with E-state index >= 15 is 0 Å². The van der Waals surface area contributed by atoms with Crippen molar-refractivity contribution in [1.29, 1.82) is 5.26 Å². The number of rotatable bonds is 2. The van der Waals surface area contributed by atoms with Gasteiger partial charge in [0.2, 0.25) is 0 Å². The van der Waals surface area contributed by atoms with Crippen LogP contribution < -0.4 is 10.9 Å². The summed E-state index contributed by atoms with van der Waals surface area (Å²) in [5, 5.41) is 16.8. The van der Waals surface area contributed by atoms with Crippen molar-refractivity contribution in [2.24, 2.45) is 7.05 Å².